The fourth-order valence-corrected chi connectivity index (χ4v) is 4.30. The van der Waals surface area contributed by atoms with Crippen LogP contribution in [0.25, 0.3) is 0 Å². The summed E-state index contributed by atoms with van der Waals surface area (Å²) in [6, 6.07) is -0.161. The van der Waals surface area contributed by atoms with E-state index in [9.17, 15) is 13.2 Å². The van der Waals surface area contributed by atoms with E-state index in [1.165, 1.54) is 12.6 Å². The van der Waals surface area contributed by atoms with Crippen LogP contribution < -0.4 is 10.0 Å². The largest absolute Gasteiger partial charge is 0.464 e. The molecule has 1 aliphatic heterocycles. The predicted octanol–water partition coefficient (Wildman–Crippen LogP) is 0.382. The first-order valence-electron chi connectivity index (χ1n) is 5.79. The maximum Gasteiger partial charge on any atom is 0.358 e. The summed E-state index contributed by atoms with van der Waals surface area (Å²) in [6.45, 7) is 1.48. The van der Waals surface area contributed by atoms with Crippen molar-refractivity contribution in [2.24, 2.45) is 0 Å². The smallest absolute Gasteiger partial charge is 0.358 e. The zero-order valence-corrected chi connectivity index (χ0v) is 13.2. The molecule has 0 saturated carbocycles. The van der Waals surface area contributed by atoms with Crippen molar-refractivity contribution in [3.05, 3.63) is 11.2 Å². The maximum absolute atomic E-state index is 12.2. The number of carbonyl (C=O) groups is 1. The quantitative estimate of drug-likeness (QED) is 0.768. The molecule has 20 heavy (non-hydrogen) atoms. The van der Waals surface area contributed by atoms with Gasteiger partial charge in [-0.1, -0.05) is 0 Å². The third-order valence-electron chi connectivity index (χ3n) is 2.78. The SMILES string of the molecule is COC(=O)c1ncsc1S(=O)(=O)N[C@H]1CCCNC1.Cl. The number of ether oxygens (including phenoxy) is 1. The van der Waals surface area contributed by atoms with Crippen LogP contribution in [0.4, 0.5) is 0 Å². The van der Waals surface area contributed by atoms with Crippen LogP contribution in [-0.4, -0.2) is 45.6 Å². The lowest BCUT2D eigenvalue weighted by Gasteiger charge is -2.23. The van der Waals surface area contributed by atoms with Crippen LogP contribution in [0, 0.1) is 0 Å². The standard InChI is InChI=1S/C10H15N3O4S2.ClH/c1-17-9(14)8-10(18-6-12-8)19(15,16)13-7-3-2-4-11-5-7;/h6-7,11,13H,2-5H2,1H3;1H/t7-;/m0./s1. The van der Waals surface area contributed by atoms with E-state index in [4.69, 9.17) is 0 Å². The first-order valence-corrected chi connectivity index (χ1v) is 8.15. The first-order chi connectivity index (χ1) is 9.04. The van der Waals surface area contributed by atoms with Crippen molar-refractivity contribution in [2.75, 3.05) is 20.2 Å². The van der Waals surface area contributed by atoms with Crippen LogP contribution in [0.5, 0.6) is 0 Å². The summed E-state index contributed by atoms with van der Waals surface area (Å²) < 4.78 is 31.5. The topological polar surface area (TPSA) is 97.4 Å². The molecule has 1 fully saturated rings. The van der Waals surface area contributed by atoms with E-state index in [1.807, 2.05) is 0 Å². The Hall–Kier alpha value is -0.740. The highest BCUT2D eigenvalue weighted by molar-refractivity contribution is 7.91. The lowest BCUT2D eigenvalue weighted by atomic mass is 10.1. The van der Waals surface area contributed by atoms with Gasteiger partial charge in [0.05, 0.1) is 12.6 Å². The summed E-state index contributed by atoms with van der Waals surface area (Å²) in [5.41, 5.74) is 1.16. The molecule has 7 nitrogen and oxygen atoms in total. The molecule has 1 atom stereocenters. The van der Waals surface area contributed by atoms with Gasteiger partial charge in [0, 0.05) is 12.6 Å². The summed E-state index contributed by atoms with van der Waals surface area (Å²) in [6.07, 6.45) is 1.69. The Balaban J connectivity index is 0.00000200. The van der Waals surface area contributed by atoms with Gasteiger partial charge in [0.15, 0.2) is 9.90 Å². The minimum Gasteiger partial charge on any atom is -0.464 e. The van der Waals surface area contributed by atoms with E-state index < -0.39 is 16.0 Å². The van der Waals surface area contributed by atoms with Gasteiger partial charge in [0.25, 0.3) is 10.0 Å². The third-order valence-corrected chi connectivity index (χ3v) is 5.67. The fraction of sp³-hybridized carbons (Fsp3) is 0.600. The molecule has 0 radical (unpaired) electrons. The van der Waals surface area contributed by atoms with E-state index in [0.29, 0.717) is 6.54 Å². The van der Waals surface area contributed by atoms with Gasteiger partial charge in [0.2, 0.25) is 0 Å². The lowest BCUT2D eigenvalue weighted by Crippen LogP contribution is -2.45. The number of esters is 1. The molecular weight excluding hydrogens is 326 g/mol. The number of hydrogen-bond donors (Lipinski definition) is 2. The van der Waals surface area contributed by atoms with Gasteiger partial charge in [-0.25, -0.2) is 22.9 Å². The van der Waals surface area contributed by atoms with Crippen molar-refractivity contribution in [3.8, 4) is 0 Å². The average molecular weight is 342 g/mol. The highest BCUT2D eigenvalue weighted by Crippen LogP contribution is 2.21. The molecule has 1 aliphatic rings. The van der Waals surface area contributed by atoms with Crippen molar-refractivity contribution in [1.29, 1.82) is 0 Å². The van der Waals surface area contributed by atoms with Gasteiger partial charge in [-0.2, -0.15) is 0 Å². The van der Waals surface area contributed by atoms with Gasteiger partial charge >= 0.3 is 5.97 Å². The van der Waals surface area contributed by atoms with Crippen molar-refractivity contribution in [3.63, 3.8) is 0 Å². The van der Waals surface area contributed by atoms with Crippen LogP contribution in [0.1, 0.15) is 23.3 Å². The number of methoxy groups -OCH3 is 1. The fourth-order valence-electron chi connectivity index (χ4n) is 1.88. The maximum atomic E-state index is 12.2. The van der Waals surface area contributed by atoms with Gasteiger partial charge in [-0.3, -0.25) is 0 Å². The highest BCUT2D eigenvalue weighted by Gasteiger charge is 2.29. The van der Waals surface area contributed by atoms with Gasteiger partial charge < -0.3 is 10.1 Å². The van der Waals surface area contributed by atoms with E-state index >= 15 is 0 Å². The van der Waals surface area contributed by atoms with Crippen molar-refractivity contribution >= 4 is 39.7 Å². The van der Waals surface area contributed by atoms with Crippen LogP contribution in [0.2, 0.25) is 0 Å². The monoisotopic (exact) mass is 341 g/mol. The summed E-state index contributed by atoms with van der Waals surface area (Å²) in [7, 11) is -2.55. The average Bonchev–Trinajstić information content (AvgIpc) is 2.88. The van der Waals surface area contributed by atoms with E-state index in [-0.39, 0.29) is 28.4 Å². The predicted molar refractivity (Wildman–Crippen MR) is 76.9 cm³/mol. The van der Waals surface area contributed by atoms with Gasteiger partial charge in [-0.05, 0) is 19.4 Å². The molecule has 2 N–H and O–H groups in total. The molecule has 1 aromatic rings. The number of nitrogens with zero attached hydrogens (tertiary/aromatic N) is 1. The Morgan fingerprint density at radius 3 is 2.95 bits per heavy atom. The van der Waals surface area contributed by atoms with Crippen LogP contribution in [-0.2, 0) is 14.8 Å². The molecule has 114 valence electrons. The molecule has 0 aromatic carbocycles. The minimum atomic E-state index is -3.74. The lowest BCUT2D eigenvalue weighted by molar-refractivity contribution is 0.0590. The van der Waals surface area contributed by atoms with E-state index in [0.717, 1.165) is 30.7 Å². The molecular formula is C10H16ClN3O4S2. The normalized spacial score (nSPS) is 19.1. The van der Waals surface area contributed by atoms with Crippen molar-refractivity contribution in [2.45, 2.75) is 23.1 Å². The van der Waals surface area contributed by atoms with Gasteiger partial charge in [0.1, 0.15) is 0 Å². The second-order valence-corrected chi connectivity index (χ2v) is 6.91. The number of piperidine rings is 1. The Bertz CT molecular complexity index is 555. The zero-order chi connectivity index (χ0) is 13.9. The van der Waals surface area contributed by atoms with Crippen LogP contribution in [0.15, 0.2) is 9.72 Å². The number of aromatic nitrogens is 1. The molecule has 0 amide bonds. The Kier molecular flexibility index (Phi) is 6.34. The number of sulfonamides is 1. The van der Waals surface area contributed by atoms with Crippen LogP contribution in [0.3, 0.4) is 0 Å². The number of nitrogens with one attached hydrogen (secondary N) is 2. The molecule has 1 saturated heterocycles. The molecule has 2 rings (SSSR count). The zero-order valence-electron chi connectivity index (χ0n) is 10.8. The molecule has 0 unspecified atom stereocenters. The molecule has 0 bridgehead atoms. The number of halogens is 1. The summed E-state index contributed by atoms with van der Waals surface area (Å²) >= 11 is 0.906. The summed E-state index contributed by atoms with van der Waals surface area (Å²) in [5, 5.41) is 3.12. The Morgan fingerprint density at radius 1 is 1.60 bits per heavy atom. The van der Waals surface area contributed by atoms with Crippen molar-refractivity contribution in [1.82, 2.24) is 15.0 Å². The molecule has 0 spiro atoms. The van der Waals surface area contributed by atoms with Crippen LogP contribution >= 0.6 is 23.7 Å². The molecule has 10 heteroatoms. The molecule has 1 aromatic heterocycles. The number of rotatable bonds is 4. The molecule has 2 heterocycles. The van der Waals surface area contributed by atoms with Gasteiger partial charge in [-0.15, -0.1) is 23.7 Å². The summed E-state index contributed by atoms with van der Waals surface area (Å²) in [4.78, 5) is 15.2. The summed E-state index contributed by atoms with van der Waals surface area (Å²) in [5.74, 6) is -0.747. The van der Waals surface area contributed by atoms with E-state index in [1.54, 1.807) is 0 Å². The Morgan fingerprint density at radius 2 is 2.35 bits per heavy atom. The number of thiazole rings is 1. The number of hydrogen-bond acceptors (Lipinski definition) is 7. The second-order valence-electron chi connectivity index (χ2n) is 4.14. The number of carbonyl (C=O) groups excluding carboxylic acids is 1. The Labute approximate surface area is 127 Å². The van der Waals surface area contributed by atoms with Crippen molar-refractivity contribution < 1.29 is 17.9 Å². The molecule has 0 aliphatic carbocycles. The third kappa shape index (κ3) is 3.89. The first kappa shape index (κ1) is 17.3. The highest BCUT2D eigenvalue weighted by atomic mass is 35.5. The van der Waals surface area contributed by atoms with E-state index in [2.05, 4.69) is 19.8 Å². The second kappa shape index (κ2) is 7.32. The minimum absolute atomic E-state index is 0.